The molecular weight excluding hydrogens is 362 g/mol. The molecule has 6 nitrogen and oxygen atoms in total. The van der Waals surface area contributed by atoms with Crippen molar-refractivity contribution in [1.29, 1.82) is 0 Å². The molecule has 1 aromatic rings. The van der Waals surface area contributed by atoms with E-state index in [0.717, 1.165) is 43.1 Å². The monoisotopic (exact) mass is 391 g/mol. The molecule has 148 valence electrons. The number of amides is 2. The largest absolute Gasteiger partial charge is 0.497 e. The van der Waals surface area contributed by atoms with Crippen LogP contribution in [-0.2, 0) is 9.59 Å². The molecule has 1 atom stereocenters. The maximum absolute atomic E-state index is 12.8. The lowest BCUT2D eigenvalue weighted by Crippen LogP contribution is -2.34. The second-order valence-corrected chi connectivity index (χ2v) is 7.62. The predicted octanol–water partition coefficient (Wildman–Crippen LogP) is 3.92. The van der Waals surface area contributed by atoms with Gasteiger partial charge in [0, 0.05) is 25.2 Å². The van der Waals surface area contributed by atoms with Crippen molar-refractivity contribution in [2.45, 2.75) is 51.2 Å². The highest BCUT2D eigenvalue weighted by Gasteiger charge is 2.38. The maximum Gasteiger partial charge on any atom is 0.242 e. The van der Waals surface area contributed by atoms with Crippen molar-refractivity contribution in [3.8, 4) is 5.75 Å². The molecule has 0 aromatic heterocycles. The van der Waals surface area contributed by atoms with Crippen LogP contribution < -0.4 is 10.1 Å². The van der Waals surface area contributed by atoms with Gasteiger partial charge in [0.25, 0.3) is 0 Å². The van der Waals surface area contributed by atoms with Crippen molar-refractivity contribution in [2.24, 2.45) is 4.99 Å². The van der Waals surface area contributed by atoms with E-state index >= 15 is 0 Å². The van der Waals surface area contributed by atoms with Gasteiger partial charge in [-0.25, -0.2) is 0 Å². The van der Waals surface area contributed by atoms with Gasteiger partial charge >= 0.3 is 0 Å². The summed E-state index contributed by atoms with van der Waals surface area (Å²) in [6, 6.07) is 7.14. The normalized spacial score (nSPS) is 18.2. The van der Waals surface area contributed by atoms with Gasteiger partial charge in [-0.15, -0.1) is 0 Å². The summed E-state index contributed by atoms with van der Waals surface area (Å²) in [7, 11) is 1.60. The van der Waals surface area contributed by atoms with Gasteiger partial charge in [-0.1, -0.05) is 38.5 Å². The summed E-state index contributed by atoms with van der Waals surface area (Å²) in [5.41, 5.74) is 0.691. The molecule has 0 spiro atoms. The number of nitrogens with one attached hydrogen (secondary N) is 1. The summed E-state index contributed by atoms with van der Waals surface area (Å²) in [6.07, 6.45) is 4.16. The summed E-state index contributed by atoms with van der Waals surface area (Å²) in [5, 5.41) is 3.21. The average Bonchev–Trinajstić information content (AvgIpc) is 2.95. The molecule has 0 unspecified atom stereocenters. The van der Waals surface area contributed by atoms with E-state index in [2.05, 4.69) is 24.2 Å². The number of carbonyl (C=O) groups excluding carboxylic acids is 2. The van der Waals surface area contributed by atoms with E-state index in [-0.39, 0.29) is 18.2 Å². The van der Waals surface area contributed by atoms with E-state index in [4.69, 9.17) is 4.74 Å². The van der Waals surface area contributed by atoms with Gasteiger partial charge < -0.3 is 10.1 Å². The van der Waals surface area contributed by atoms with E-state index in [1.54, 1.807) is 36.3 Å². The van der Waals surface area contributed by atoms with Crippen LogP contribution >= 0.6 is 11.8 Å². The first-order valence-electron chi connectivity index (χ1n) is 9.55. The molecule has 1 saturated heterocycles. The minimum Gasteiger partial charge on any atom is -0.497 e. The molecule has 2 amide bonds. The smallest absolute Gasteiger partial charge is 0.242 e. The lowest BCUT2D eigenvalue weighted by Gasteiger charge is -2.15. The van der Waals surface area contributed by atoms with Gasteiger partial charge in [-0.2, -0.15) is 0 Å². The highest BCUT2D eigenvalue weighted by molar-refractivity contribution is 8.15. The van der Waals surface area contributed by atoms with Crippen molar-refractivity contribution < 1.29 is 14.3 Å². The Morgan fingerprint density at radius 3 is 2.56 bits per heavy atom. The topological polar surface area (TPSA) is 71.0 Å². The quantitative estimate of drug-likeness (QED) is 0.614. The summed E-state index contributed by atoms with van der Waals surface area (Å²) in [6.45, 7) is 5.61. The molecule has 0 bridgehead atoms. The number of thioether (sulfide) groups is 1. The number of methoxy groups -OCH3 is 1. The molecule has 7 heteroatoms. The summed E-state index contributed by atoms with van der Waals surface area (Å²) < 4.78 is 5.11. The van der Waals surface area contributed by atoms with Gasteiger partial charge in [0.1, 0.15) is 11.0 Å². The van der Waals surface area contributed by atoms with Crippen LogP contribution in [-0.4, -0.2) is 47.3 Å². The number of nitrogens with zero attached hydrogens (tertiary/aromatic N) is 2. The Hall–Kier alpha value is -2.02. The Kier molecular flexibility index (Phi) is 8.64. The first-order valence-corrected chi connectivity index (χ1v) is 10.4. The van der Waals surface area contributed by atoms with Crippen LogP contribution in [0.3, 0.4) is 0 Å². The van der Waals surface area contributed by atoms with E-state index in [1.807, 2.05) is 0 Å². The molecule has 1 aliphatic rings. The molecule has 1 N–H and O–H groups in total. The first-order chi connectivity index (χ1) is 13.1. The molecule has 0 radical (unpaired) electrons. The van der Waals surface area contributed by atoms with Crippen LogP contribution in [0.2, 0.25) is 0 Å². The van der Waals surface area contributed by atoms with Gasteiger partial charge in [0.05, 0.1) is 7.11 Å². The minimum absolute atomic E-state index is 0.00595. The lowest BCUT2D eigenvalue weighted by molar-refractivity contribution is -0.128. The van der Waals surface area contributed by atoms with Crippen LogP contribution in [0.4, 0.5) is 5.69 Å². The van der Waals surface area contributed by atoms with E-state index < -0.39 is 5.25 Å². The molecule has 0 aliphatic carbocycles. The number of unbranched alkanes of at least 4 members (excludes halogenated alkanes) is 2. The molecule has 27 heavy (non-hydrogen) atoms. The third kappa shape index (κ3) is 6.27. The zero-order chi connectivity index (χ0) is 19.6. The van der Waals surface area contributed by atoms with Crippen molar-refractivity contribution in [1.82, 2.24) is 4.90 Å². The fourth-order valence-electron chi connectivity index (χ4n) is 2.67. The van der Waals surface area contributed by atoms with E-state index in [9.17, 15) is 9.59 Å². The SMILES string of the molecule is CCCCN=C1S[C@@H](CC(=O)Nc2ccc(OC)cc2)C(=O)N1CCCC. The Balaban J connectivity index is 1.98. The van der Waals surface area contributed by atoms with Gasteiger partial charge in [-0.3, -0.25) is 19.5 Å². The van der Waals surface area contributed by atoms with E-state index in [0.29, 0.717) is 12.2 Å². The maximum atomic E-state index is 12.8. The second kappa shape index (κ2) is 11.0. The fourth-order valence-corrected chi connectivity index (χ4v) is 3.86. The van der Waals surface area contributed by atoms with E-state index in [1.165, 1.54) is 11.8 Å². The number of aliphatic imine (C=N–C) groups is 1. The summed E-state index contributed by atoms with van der Waals surface area (Å²) in [5.74, 6) is 0.555. The van der Waals surface area contributed by atoms with Crippen LogP contribution in [0, 0.1) is 0 Å². The number of hydrogen-bond donors (Lipinski definition) is 1. The Morgan fingerprint density at radius 1 is 1.22 bits per heavy atom. The molecular formula is C20H29N3O3S. The van der Waals surface area contributed by atoms with Crippen molar-refractivity contribution in [3.05, 3.63) is 24.3 Å². The lowest BCUT2D eigenvalue weighted by atomic mass is 10.2. The third-order valence-corrected chi connectivity index (χ3v) is 5.47. The summed E-state index contributed by atoms with van der Waals surface area (Å²) >= 11 is 1.42. The van der Waals surface area contributed by atoms with Crippen LogP contribution in [0.5, 0.6) is 5.75 Å². The third-order valence-electron chi connectivity index (χ3n) is 4.26. The second-order valence-electron chi connectivity index (χ2n) is 6.45. The number of carbonyl (C=O) groups is 2. The average molecular weight is 392 g/mol. The van der Waals surface area contributed by atoms with Crippen LogP contribution in [0.25, 0.3) is 0 Å². The zero-order valence-corrected chi connectivity index (χ0v) is 17.2. The fraction of sp³-hybridized carbons (Fsp3) is 0.550. The van der Waals surface area contributed by atoms with Crippen LogP contribution in [0.1, 0.15) is 46.0 Å². The number of ether oxygens (including phenoxy) is 1. The predicted molar refractivity (Wildman–Crippen MR) is 111 cm³/mol. The van der Waals surface area contributed by atoms with Gasteiger partial charge in [0.15, 0.2) is 5.17 Å². The molecule has 1 aliphatic heterocycles. The molecule has 1 aromatic carbocycles. The molecule has 1 fully saturated rings. The zero-order valence-electron chi connectivity index (χ0n) is 16.4. The van der Waals surface area contributed by atoms with Crippen LogP contribution in [0.15, 0.2) is 29.3 Å². The molecule has 0 saturated carbocycles. The standard InChI is InChI=1S/C20H29N3O3S/c1-4-6-12-21-20-23(13-7-5-2)19(25)17(27-20)14-18(24)22-15-8-10-16(26-3)11-9-15/h8-11,17H,4-7,12-14H2,1-3H3,(H,22,24)/t17-/m0/s1. The summed E-state index contributed by atoms with van der Waals surface area (Å²) in [4.78, 5) is 31.5. The Bertz CT molecular complexity index is 661. The van der Waals surface area contributed by atoms with Gasteiger partial charge in [-0.05, 0) is 37.1 Å². The minimum atomic E-state index is -0.402. The Morgan fingerprint density at radius 2 is 1.93 bits per heavy atom. The first kappa shape index (κ1) is 21.3. The molecule has 1 heterocycles. The van der Waals surface area contributed by atoms with Crippen molar-refractivity contribution in [2.75, 3.05) is 25.5 Å². The highest BCUT2D eigenvalue weighted by atomic mass is 32.2. The number of anilines is 1. The molecule has 2 rings (SSSR count). The van der Waals surface area contributed by atoms with Crippen molar-refractivity contribution in [3.63, 3.8) is 0 Å². The number of rotatable bonds is 10. The van der Waals surface area contributed by atoms with Crippen molar-refractivity contribution >= 4 is 34.4 Å². The Labute approximate surface area is 165 Å². The number of amidine groups is 1. The highest BCUT2D eigenvalue weighted by Crippen LogP contribution is 2.30. The number of hydrogen-bond acceptors (Lipinski definition) is 5. The van der Waals surface area contributed by atoms with Gasteiger partial charge in [0.2, 0.25) is 11.8 Å². The number of benzene rings is 1.